The lowest BCUT2D eigenvalue weighted by atomic mass is 9.84. The number of carbonyl (C=O) groups excluding carboxylic acids is 2. The normalized spacial score (nSPS) is 21.6. The molecule has 0 unspecified atom stereocenters. The first-order valence-electron chi connectivity index (χ1n) is 7.25. The fourth-order valence-corrected chi connectivity index (χ4v) is 3.03. The molecule has 6 heteroatoms. The maximum atomic E-state index is 12.2. The van der Waals surface area contributed by atoms with Gasteiger partial charge >= 0.3 is 0 Å². The average Bonchev–Trinajstić information content (AvgIpc) is 2.53. The number of carboxylic acid groups (broad SMARTS) is 1. The van der Waals surface area contributed by atoms with Crippen molar-refractivity contribution < 1.29 is 24.2 Å². The van der Waals surface area contributed by atoms with Crippen LogP contribution < -0.4 is 14.6 Å². The molecule has 1 amide bonds. The third-order valence-electron chi connectivity index (χ3n) is 4.11. The Bertz CT molecular complexity index is 570. The molecule has 120 valence electrons. The number of aliphatic carboxylic acids is 1. The van der Waals surface area contributed by atoms with Crippen molar-refractivity contribution in [3.63, 3.8) is 0 Å². The average molecular weight is 306 g/mol. The molecule has 0 bridgehead atoms. The summed E-state index contributed by atoms with van der Waals surface area (Å²) in [5.74, 6) is -0.860. The van der Waals surface area contributed by atoms with Crippen LogP contribution in [0.3, 0.4) is 0 Å². The Hall–Kier alpha value is -2.24. The summed E-state index contributed by atoms with van der Waals surface area (Å²) < 4.78 is 10.6. The number of ether oxygens (including phenoxy) is 2. The molecule has 1 aliphatic rings. The lowest BCUT2D eigenvalue weighted by Crippen LogP contribution is -2.48. The van der Waals surface area contributed by atoms with E-state index in [-0.39, 0.29) is 18.7 Å². The van der Waals surface area contributed by atoms with Gasteiger partial charge in [0.05, 0.1) is 20.3 Å². The number of piperidine rings is 1. The van der Waals surface area contributed by atoms with Crippen LogP contribution in [0, 0.1) is 5.92 Å². The molecule has 1 aliphatic heterocycles. The Labute approximate surface area is 129 Å². The van der Waals surface area contributed by atoms with E-state index in [9.17, 15) is 14.7 Å². The van der Waals surface area contributed by atoms with Crippen LogP contribution in [-0.2, 0) is 9.59 Å². The van der Waals surface area contributed by atoms with E-state index in [0.29, 0.717) is 23.6 Å². The number of likely N-dealkylation sites (tertiary alicyclic amines) is 1. The molecule has 1 aromatic rings. The molecule has 0 aromatic heterocycles. The number of amides is 1. The summed E-state index contributed by atoms with van der Waals surface area (Å²) in [5, 5.41) is 11.5. The van der Waals surface area contributed by atoms with Crippen molar-refractivity contribution in [1.82, 2.24) is 4.90 Å². The smallest absolute Gasteiger partial charge is 0.223 e. The third-order valence-corrected chi connectivity index (χ3v) is 4.11. The van der Waals surface area contributed by atoms with Crippen LogP contribution in [0.25, 0.3) is 0 Å². The Morgan fingerprint density at radius 1 is 1.36 bits per heavy atom. The molecule has 2 atom stereocenters. The van der Waals surface area contributed by atoms with Crippen LogP contribution in [0.5, 0.6) is 11.5 Å². The summed E-state index contributed by atoms with van der Waals surface area (Å²) in [4.78, 5) is 25.3. The monoisotopic (exact) mass is 306 g/mol. The molecule has 0 N–H and O–H groups in total. The summed E-state index contributed by atoms with van der Waals surface area (Å²) in [7, 11) is 3.05. The second-order valence-corrected chi connectivity index (χ2v) is 5.20. The van der Waals surface area contributed by atoms with Gasteiger partial charge in [0.25, 0.3) is 0 Å². The van der Waals surface area contributed by atoms with Crippen molar-refractivity contribution in [2.45, 2.75) is 25.8 Å². The van der Waals surface area contributed by atoms with Crippen molar-refractivity contribution in [3.05, 3.63) is 23.8 Å². The van der Waals surface area contributed by atoms with E-state index in [2.05, 4.69) is 0 Å². The van der Waals surface area contributed by atoms with Gasteiger partial charge in [0.2, 0.25) is 5.91 Å². The lowest BCUT2D eigenvalue weighted by molar-refractivity contribution is -0.314. The van der Waals surface area contributed by atoms with Gasteiger partial charge in [0.15, 0.2) is 0 Å². The fourth-order valence-electron chi connectivity index (χ4n) is 3.03. The number of hydrogen-bond acceptors (Lipinski definition) is 5. The third kappa shape index (κ3) is 2.86. The fraction of sp³-hybridized carbons (Fsp3) is 0.500. The minimum absolute atomic E-state index is 0.0603. The first-order valence-corrected chi connectivity index (χ1v) is 7.25. The minimum Gasteiger partial charge on any atom is -0.550 e. The summed E-state index contributed by atoms with van der Waals surface area (Å²) in [6.45, 7) is 2.25. The van der Waals surface area contributed by atoms with E-state index in [0.717, 1.165) is 0 Å². The van der Waals surface area contributed by atoms with Gasteiger partial charge in [-0.15, -0.1) is 0 Å². The molecule has 0 radical (unpaired) electrons. The summed E-state index contributed by atoms with van der Waals surface area (Å²) in [6.07, 6.45) is 0.484. The van der Waals surface area contributed by atoms with Gasteiger partial charge in [-0.25, -0.2) is 0 Å². The SMILES string of the molecule is CCN1C(=O)CC[C@H](C(=O)[O-])[C@@H]1c1cc(OC)ccc1OC. The lowest BCUT2D eigenvalue weighted by Gasteiger charge is -2.42. The molecule has 6 nitrogen and oxygen atoms in total. The molecule has 22 heavy (non-hydrogen) atoms. The number of nitrogens with zero attached hydrogens (tertiary/aromatic N) is 1. The molecule has 2 rings (SSSR count). The van der Waals surface area contributed by atoms with Gasteiger partial charge in [0, 0.05) is 30.4 Å². The molecular weight excluding hydrogens is 286 g/mol. The number of hydrogen-bond donors (Lipinski definition) is 0. The first kappa shape index (κ1) is 16.1. The Kier molecular flexibility index (Phi) is 4.90. The van der Waals surface area contributed by atoms with E-state index in [1.165, 1.54) is 14.2 Å². The van der Waals surface area contributed by atoms with Crippen molar-refractivity contribution in [3.8, 4) is 11.5 Å². The van der Waals surface area contributed by atoms with E-state index in [4.69, 9.17) is 9.47 Å². The Balaban J connectivity index is 2.56. The Morgan fingerprint density at radius 3 is 2.64 bits per heavy atom. The molecule has 0 spiro atoms. The van der Waals surface area contributed by atoms with Crippen molar-refractivity contribution in [2.24, 2.45) is 5.92 Å². The van der Waals surface area contributed by atoms with Gasteiger partial charge < -0.3 is 24.3 Å². The minimum atomic E-state index is -1.15. The van der Waals surface area contributed by atoms with Crippen molar-refractivity contribution in [1.29, 1.82) is 0 Å². The number of carbonyl (C=O) groups is 2. The van der Waals surface area contributed by atoms with Crippen LogP contribution in [0.15, 0.2) is 18.2 Å². The van der Waals surface area contributed by atoms with Crippen LogP contribution in [0.2, 0.25) is 0 Å². The van der Waals surface area contributed by atoms with Crippen LogP contribution in [-0.4, -0.2) is 37.5 Å². The highest BCUT2D eigenvalue weighted by Crippen LogP contribution is 2.41. The maximum absolute atomic E-state index is 12.2. The van der Waals surface area contributed by atoms with Crippen LogP contribution >= 0.6 is 0 Å². The van der Waals surface area contributed by atoms with Gasteiger partial charge in [-0.3, -0.25) is 4.79 Å². The number of rotatable bonds is 5. The van der Waals surface area contributed by atoms with E-state index in [1.54, 1.807) is 23.1 Å². The zero-order chi connectivity index (χ0) is 16.3. The van der Waals surface area contributed by atoms with E-state index >= 15 is 0 Å². The highest BCUT2D eigenvalue weighted by atomic mass is 16.5. The quantitative estimate of drug-likeness (QED) is 0.802. The van der Waals surface area contributed by atoms with Crippen LogP contribution in [0.4, 0.5) is 0 Å². The van der Waals surface area contributed by atoms with Gasteiger partial charge in [-0.1, -0.05) is 0 Å². The molecule has 1 aromatic carbocycles. The summed E-state index contributed by atoms with van der Waals surface area (Å²) in [5.41, 5.74) is 0.631. The second-order valence-electron chi connectivity index (χ2n) is 5.20. The highest BCUT2D eigenvalue weighted by Gasteiger charge is 2.38. The summed E-state index contributed by atoms with van der Waals surface area (Å²) >= 11 is 0. The van der Waals surface area contributed by atoms with E-state index < -0.39 is 17.9 Å². The predicted molar refractivity (Wildman–Crippen MR) is 77.4 cm³/mol. The van der Waals surface area contributed by atoms with E-state index in [1.807, 2.05) is 6.92 Å². The molecule has 1 heterocycles. The number of benzene rings is 1. The zero-order valence-corrected chi connectivity index (χ0v) is 13.0. The molecule has 1 saturated heterocycles. The molecular formula is C16H20NO5-. The topological polar surface area (TPSA) is 78.9 Å². The molecule has 1 fully saturated rings. The second kappa shape index (κ2) is 6.68. The van der Waals surface area contributed by atoms with Crippen LogP contribution in [0.1, 0.15) is 31.4 Å². The van der Waals surface area contributed by atoms with Gasteiger partial charge in [-0.2, -0.15) is 0 Å². The predicted octanol–water partition coefficient (Wildman–Crippen LogP) is 0.753. The zero-order valence-electron chi connectivity index (χ0n) is 13.0. The summed E-state index contributed by atoms with van der Waals surface area (Å²) in [6, 6.07) is 4.56. The molecule has 0 aliphatic carbocycles. The largest absolute Gasteiger partial charge is 0.550 e. The standard InChI is InChI=1S/C16H21NO5/c1-4-17-14(18)8-6-11(16(19)20)15(17)12-9-10(21-2)5-7-13(12)22-3/h5,7,9,11,15H,4,6,8H2,1-3H3,(H,19,20)/p-1/t11-,15+/m0/s1. The Morgan fingerprint density at radius 2 is 2.09 bits per heavy atom. The van der Waals surface area contributed by atoms with Gasteiger partial charge in [0.1, 0.15) is 11.5 Å². The number of carboxylic acids is 1. The highest BCUT2D eigenvalue weighted by molar-refractivity contribution is 5.81. The van der Waals surface area contributed by atoms with Crippen molar-refractivity contribution in [2.75, 3.05) is 20.8 Å². The first-order chi connectivity index (χ1) is 10.5. The van der Waals surface area contributed by atoms with Crippen molar-refractivity contribution >= 4 is 11.9 Å². The molecule has 0 saturated carbocycles. The van der Waals surface area contributed by atoms with Gasteiger partial charge in [-0.05, 0) is 31.5 Å². The maximum Gasteiger partial charge on any atom is 0.223 e. The number of methoxy groups -OCH3 is 2.